The predicted molar refractivity (Wildman–Crippen MR) is 44.3 cm³/mol. The molecule has 2 heteroatoms. The molecule has 0 bridgehead atoms. The first-order chi connectivity index (χ1) is 5.17. The Morgan fingerprint density at radius 3 is 2.73 bits per heavy atom. The van der Waals surface area contributed by atoms with Gasteiger partial charge in [-0.2, -0.15) is 0 Å². The minimum atomic E-state index is -0.513. The molecule has 1 aliphatic rings. The maximum Gasteiger partial charge on any atom is 0.0648 e. The minimum absolute atomic E-state index is 0.209. The third kappa shape index (κ3) is 2.17. The van der Waals surface area contributed by atoms with Crippen LogP contribution in [0.4, 0.5) is 0 Å². The van der Waals surface area contributed by atoms with Gasteiger partial charge >= 0.3 is 0 Å². The van der Waals surface area contributed by atoms with Gasteiger partial charge in [0.25, 0.3) is 0 Å². The fourth-order valence-corrected chi connectivity index (χ4v) is 2.00. The van der Waals surface area contributed by atoms with E-state index in [2.05, 4.69) is 0 Å². The van der Waals surface area contributed by atoms with E-state index in [-0.39, 0.29) is 6.61 Å². The molecule has 0 radical (unpaired) electrons. The summed E-state index contributed by atoms with van der Waals surface area (Å²) in [5.41, 5.74) is -0.513. The number of aliphatic hydroxyl groups is 2. The molecule has 0 aromatic heterocycles. The summed E-state index contributed by atoms with van der Waals surface area (Å²) in [6.07, 6.45) is 5.08. The number of aliphatic hydroxyl groups excluding tert-OH is 1. The molecule has 2 N–H and O–H groups in total. The van der Waals surface area contributed by atoms with Gasteiger partial charge < -0.3 is 10.2 Å². The standard InChI is InChI=1S/C9H18O2/c1-9(11)6-3-2-4-8(9)5-7-10/h8,10-11H,2-7H2,1H3. The zero-order valence-electron chi connectivity index (χ0n) is 7.21. The van der Waals surface area contributed by atoms with Gasteiger partial charge in [0, 0.05) is 6.61 Å². The van der Waals surface area contributed by atoms with Crippen LogP contribution in [0.2, 0.25) is 0 Å². The molecular formula is C9H18O2. The SMILES string of the molecule is CC1(O)CCCCC1CCO. The van der Waals surface area contributed by atoms with Crippen molar-refractivity contribution in [1.82, 2.24) is 0 Å². The van der Waals surface area contributed by atoms with E-state index in [1.807, 2.05) is 6.92 Å². The Balaban J connectivity index is 2.45. The first-order valence-electron chi connectivity index (χ1n) is 4.50. The van der Waals surface area contributed by atoms with Crippen molar-refractivity contribution in [3.63, 3.8) is 0 Å². The van der Waals surface area contributed by atoms with E-state index in [1.165, 1.54) is 6.42 Å². The second kappa shape index (κ2) is 3.55. The Kier molecular flexibility index (Phi) is 2.90. The lowest BCUT2D eigenvalue weighted by molar-refractivity contribution is -0.0399. The molecule has 1 aliphatic carbocycles. The Labute approximate surface area is 68.2 Å². The smallest absolute Gasteiger partial charge is 0.0648 e. The van der Waals surface area contributed by atoms with Crippen molar-refractivity contribution in [3.05, 3.63) is 0 Å². The fourth-order valence-electron chi connectivity index (χ4n) is 2.00. The molecule has 0 heterocycles. The number of hydrogen-bond acceptors (Lipinski definition) is 2. The van der Waals surface area contributed by atoms with E-state index in [0.29, 0.717) is 5.92 Å². The average molecular weight is 158 g/mol. The van der Waals surface area contributed by atoms with E-state index in [0.717, 1.165) is 25.7 Å². The summed E-state index contributed by atoms with van der Waals surface area (Å²) in [7, 11) is 0. The van der Waals surface area contributed by atoms with E-state index in [9.17, 15) is 5.11 Å². The summed E-state index contributed by atoms with van der Waals surface area (Å²) >= 11 is 0. The second-order valence-electron chi connectivity index (χ2n) is 3.81. The maximum absolute atomic E-state index is 9.85. The molecule has 0 aromatic carbocycles. The highest BCUT2D eigenvalue weighted by Crippen LogP contribution is 2.35. The number of rotatable bonds is 2. The first-order valence-corrected chi connectivity index (χ1v) is 4.50. The molecule has 1 rings (SSSR count). The van der Waals surface area contributed by atoms with Crippen LogP contribution in [-0.4, -0.2) is 22.4 Å². The molecule has 1 saturated carbocycles. The molecule has 2 atom stereocenters. The van der Waals surface area contributed by atoms with Crippen molar-refractivity contribution in [3.8, 4) is 0 Å². The largest absolute Gasteiger partial charge is 0.396 e. The highest BCUT2D eigenvalue weighted by atomic mass is 16.3. The van der Waals surface area contributed by atoms with Gasteiger partial charge in [-0.15, -0.1) is 0 Å². The van der Waals surface area contributed by atoms with Gasteiger partial charge in [-0.1, -0.05) is 12.8 Å². The van der Waals surface area contributed by atoms with Crippen LogP contribution in [0, 0.1) is 5.92 Å². The first kappa shape index (κ1) is 9.01. The normalized spacial score (nSPS) is 39.0. The van der Waals surface area contributed by atoms with Crippen molar-refractivity contribution in [2.45, 2.75) is 44.6 Å². The lowest BCUT2D eigenvalue weighted by atomic mass is 9.75. The van der Waals surface area contributed by atoms with Crippen LogP contribution < -0.4 is 0 Å². The van der Waals surface area contributed by atoms with Crippen LogP contribution >= 0.6 is 0 Å². The molecule has 0 spiro atoms. The monoisotopic (exact) mass is 158 g/mol. The molecule has 1 fully saturated rings. The Morgan fingerprint density at radius 1 is 1.45 bits per heavy atom. The lowest BCUT2D eigenvalue weighted by Gasteiger charge is -2.36. The van der Waals surface area contributed by atoms with E-state index in [4.69, 9.17) is 5.11 Å². The van der Waals surface area contributed by atoms with Gasteiger partial charge in [0.1, 0.15) is 0 Å². The quantitative estimate of drug-likeness (QED) is 0.636. The summed E-state index contributed by atoms with van der Waals surface area (Å²) in [5.74, 6) is 0.321. The van der Waals surface area contributed by atoms with Crippen molar-refractivity contribution < 1.29 is 10.2 Å². The van der Waals surface area contributed by atoms with Crippen LogP contribution in [-0.2, 0) is 0 Å². The van der Waals surface area contributed by atoms with Crippen molar-refractivity contribution in [2.75, 3.05) is 6.61 Å². The van der Waals surface area contributed by atoms with Crippen LogP contribution in [0.15, 0.2) is 0 Å². The molecule has 0 aromatic rings. The van der Waals surface area contributed by atoms with Crippen molar-refractivity contribution in [2.24, 2.45) is 5.92 Å². The zero-order valence-corrected chi connectivity index (χ0v) is 7.21. The average Bonchev–Trinajstić information content (AvgIpc) is 1.94. The van der Waals surface area contributed by atoms with Gasteiger partial charge in [0.05, 0.1) is 5.60 Å². The predicted octanol–water partition coefficient (Wildman–Crippen LogP) is 1.31. The molecular weight excluding hydrogens is 140 g/mol. The summed E-state index contributed by atoms with van der Waals surface area (Å²) < 4.78 is 0. The van der Waals surface area contributed by atoms with Gasteiger partial charge in [0.2, 0.25) is 0 Å². The molecule has 2 nitrogen and oxygen atoms in total. The van der Waals surface area contributed by atoms with Crippen LogP contribution in [0.1, 0.15) is 39.0 Å². The van der Waals surface area contributed by atoms with Gasteiger partial charge in [-0.05, 0) is 32.1 Å². The van der Waals surface area contributed by atoms with Crippen LogP contribution in [0.25, 0.3) is 0 Å². The lowest BCUT2D eigenvalue weighted by Crippen LogP contribution is -2.37. The van der Waals surface area contributed by atoms with E-state index in [1.54, 1.807) is 0 Å². The minimum Gasteiger partial charge on any atom is -0.396 e. The van der Waals surface area contributed by atoms with Crippen LogP contribution in [0.5, 0.6) is 0 Å². The Hall–Kier alpha value is -0.0800. The molecule has 0 saturated heterocycles. The van der Waals surface area contributed by atoms with E-state index < -0.39 is 5.60 Å². The van der Waals surface area contributed by atoms with Gasteiger partial charge in [0.15, 0.2) is 0 Å². The maximum atomic E-state index is 9.85. The highest BCUT2D eigenvalue weighted by Gasteiger charge is 2.33. The summed E-state index contributed by atoms with van der Waals surface area (Å²) in [5, 5.41) is 18.6. The topological polar surface area (TPSA) is 40.5 Å². The van der Waals surface area contributed by atoms with Crippen molar-refractivity contribution in [1.29, 1.82) is 0 Å². The summed E-state index contributed by atoms with van der Waals surface area (Å²) in [6, 6.07) is 0. The fraction of sp³-hybridized carbons (Fsp3) is 1.00. The van der Waals surface area contributed by atoms with Gasteiger partial charge in [-0.3, -0.25) is 0 Å². The zero-order chi connectivity index (χ0) is 8.32. The Bertz CT molecular complexity index is 119. The molecule has 0 amide bonds. The molecule has 66 valence electrons. The highest BCUT2D eigenvalue weighted by molar-refractivity contribution is 4.85. The molecule has 0 aliphatic heterocycles. The summed E-state index contributed by atoms with van der Waals surface area (Å²) in [4.78, 5) is 0. The second-order valence-corrected chi connectivity index (χ2v) is 3.81. The van der Waals surface area contributed by atoms with Crippen LogP contribution in [0.3, 0.4) is 0 Å². The van der Waals surface area contributed by atoms with Crippen molar-refractivity contribution >= 4 is 0 Å². The number of hydrogen-bond donors (Lipinski definition) is 2. The third-order valence-electron chi connectivity index (χ3n) is 2.84. The van der Waals surface area contributed by atoms with Gasteiger partial charge in [-0.25, -0.2) is 0 Å². The molecule has 2 unspecified atom stereocenters. The molecule has 11 heavy (non-hydrogen) atoms. The summed E-state index contributed by atoms with van der Waals surface area (Å²) in [6.45, 7) is 2.10. The third-order valence-corrected chi connectivity index (χ3v) is 2.84. The Morgan fingerprint density at radius 2 is 2.18 bits per heavy atom. The van der Waals surface area contributed by atoms with E-state index >= 15 is 0 Å².